The molecule has 1 N–H and O–H groups in total. The van der Waals surface area contributed by atoms with Gasteiger partial charge in [0.05, 0.1) is 0 Å². The van der Waals surface area contributed by atoms with Crippen LogP contribution < -0.4 is 5.63 Å². The summed E-state index contributed by atoms with van der Waals surface area (Å²) in [5, 5.41) is 10.3. The fourth-order valence-electron chi connectivity index (χ4n) is 3.59. The average molecular weight is 315 g/mol. The molecule has 0 spiro atoms. The normalized spacial score (nSPS) is 19.1. The molecule has 4 nitrogen and oxygen atoms in total. The summed E-state index contributed by atoms with van der Waals surface area (Å²) in [6.45, 7) is 9.26. The van der Waals surface area contributed by atoms with Gasteiger partial charge in [0.25, 0.3) is 0 Å². The Morgan fingerprint density at radius 1 is 1.35 bits per heavy atom. The van der Waals surface area contributed by atoms with Gasteiger partial charge >= 0.3 is 5.63 Å². The van der Waals surface area contributed by atoms with Crippen LogP contribution >= 0.6 is 0 Å². The van der Waals surface area contributed by atoms with Crippen LogP contribution in [-0.2, 0) is 6.54 Å². The molecule has 1 fully saturated rings. The maximum Gasteiger partial charge on any atom is 0.336 e. The van der Waals surface area contributed by atoms with Gasteiger partial charge in [0.1, 0.15) is 5.58 Å². The van der Waals surface area contributed by atoms with E-state index in [2.05, 4.69) is 31.7 Å². The largest absolute Gasteiger partial charge is 0.423 e. The summed E-state index contributed by atoms with van der Waals surface area (Å²) >= 11 is 0. The van der Waals surface area contributed by atoms with Gasteiger partial charge in [0.2, 0.25) is 0 Å². The Bertz CT molecular complexity index is 763. The lowest BCUT2D eigenvalue weighted by Gasteiger charge is -2.18. The van der Waals surface area contributed by atoms with Gasteiger partial charge in [0.15, 0.2) is 0 Å². The summed E-state index contributed by atoms with van der Waals surface area (Å²) < 4.78 is 5.41. The SMILES string of the molecule is Cc1cc2oc(=O)cc(CN3CCC(CO)C3)c2cc1C(C)C. The highest BCUT2D eigenvalue weighted by Gasteiger charge is 2.22. The van der Waals surface area contributed by atoms with Crippen molar-refractivity contribution < 1.29 is 9.52 Å². The number of likely N-dealkylation sites (tertiary alicyclic amines) is 1. The van der Waals surface area contributed by atoms with Crippen molar-refractivity contribution in [1.29, 1.82) is 0 Å². The van der Waals surface area contributed by atoms with Gasteiger partial charge < -0.3 is 9.52 Å². The maximum atomic E-state index is 11.9. The van der Waals surface area contributed by atoms with Gasteiger partial charge in [0, 0.05) is 31.1 Å². The van der Waals surface area contributed by atoms with Crippen molar-refractivity contribution in [3.63, 3.8) is 0 Å². The van der Waals surface area contributed by atoms with Crippen molar-refractivity contribution in [3.8, 4) is 0 Å². The molecule has 0 amide bonds. The van der Waals surface area contributed by atoms with Crippen molar-refractivity contribution in [2.75, 3.05) is 19.7 Å². The first kappa shape index (κ1) is 16.2. The molecule has 1 aliphatic heterocycles. The first-order valence-electron chi connectivity index (χ1n) is 8.38. The highest BCUT2D eigenvalue weighted by Crippen LogP contribution is 2.28. The van der Waals surface area contributed by atoms with Crippen molar-refractivity contribution in [2.24, 2.45) is 5.92 Å². The number of nitrogens with zero attached hydrogens (tertiary/aromatic N) is 1. The molecular formula is C19H25NO3. The van der Waals surface area contributed by atoms with Crippen molar-refractivity contribution in [1.82, 2.24) is 4.90 Å². The van der Waals surface area contributed by atoms with Gasteiger partial charge in [-0.3, -0.25) is 4.90 Å². The molecule has 0 aliphatic carbocycles. The van der Waals surface area contributed by atoms with Gasteiger partial charge in [-0.2, -0.15) is 0 Å². The lowest BCUT2D eigenvalue weighted by molar-refractivity contribution is 0.220. The number of aliphatic hydroxyl groups is 1. The van der Waals surface area contributed by atoms with Gasteiger partial charge in [-0.15, -0.1) is 0 Å². The molecule has 1 aromatic carbocycles. The molecule has 1 saturated heterocycles. The van der Waals surface area contributed by atoms with E-state index in [0.717, 1.165) is 42.6 Å². The zero-order valence-corrected chi connectivity index (χ0v) is 14.1. The van der Waals surface area contributed by atoms with Crippen LogP contribution in [0.4, 0.5) is 0 Å². The van der Waals surface area contributed by atoms with E-state index in [9.17, 15) is 9.90 Å². The Balaban J connectivity index is 2.01. The van der Waals surface area contributed by atoms with E-state index in [-0.39, 0.29) is 12.2 Å². The van der Waals surface area contributed by atoms with Crippen LogP contribution in [-0.4, -0.2) is 29.7 Å². The molecular weight excluding hydrogens is 290 g/mol. The number of aliphatic hydroxyl groups excluding tert-OH is 1. The highest BCUT2D eigenvalue weighted by atomic mass is 16.4. The fraction of sp³-hybridized carbons (Fsp3) is 0.526. The number of fused-ring (bicyclic) bond motifs is 1. The molecule has 3 rings (SSSR count). The standard InChI is InChI=1S/C19H25NO3/c1-12(2)16-8-17-15(10-20-5-4-14(9-20)11-21)7-19(22)23-18(17)6-13(16)3/h6-8,12,14,21H,4-5,9-11H2,1-3H3. The lowest BCUT2D eigenvalue weighted by Crippen LogP contribution is -2.22. The smallest absolute Gasteiger partial charge is 0.336 e. The molecule has 1 aliphatic rings. The number of benzene rings is 1. The van der Waals surface area contributed by atoms with E-state index in [1.54, 1.807) is 6.07 Å². The van der Waals surface area contributed by atoms with Gasteiger partial charge in [-0.1, -0.05) is 13.8 Å². The molecule has 124 valence electrons. The quantitative estimate of drug-likeness (QED) is 0.881. The third kappa shape index (κ3) is 3.33. The van der Waals surface area contributed by atoms with Crippen LogP contribution in [0.25, 0.3) is 11.0 Å². The lowest BCUT2D eigenvalue weighted by atomic mass is 9.95. The molecule has 23 heavy (non-hydrogen) atoms. The summed E-state index contributed by atoms with van der Waals surface area (Å²) in [4.78, 5) is 14.2. The van der Waals surface area contributed by atoms with Crippen LogP contribution in [0.3, 0.4) is 0 Å². The number of hydrogen-bond donors (Lipinski definition) is 1. The van der Waals surface area contributed by atoms with Crippen LogP contribution in [0.15, 0.2) is 27.4 Å². The van der Waals surface area contributed by atoms with E-state index in [1.807, 2.05) is 6.07 Å². The zero-order chi connectivity index (χ0) is 16.6. The Morgan fingerprint density at radius 2 is 2.13 bits per heavy atom. The Hall–Kier alpha value is -1.65. The average Bonchev–Trinajstić information content (AvgIpc) is 2.93. The van der Waals surface area contributed by atoms with E-state index in [1.165, 1.54) is 5.56 Å². The summed E-state index contributed by atoms with van der Waals surface area (Å²) in [5.41, 5.74) is 3.86. The summed E-state index contributed by atoms with van der Waals surface area (Å²) in [6, 6.07) is 5.78. The van der Waals surface area contributed by atoms with Crippen LogP contribution in [0.2, 0.25) is 0 Å². The Labute approximate surface area is 136 Å². The van der Waals surface area contributed by atoms with Crippen LogP contribution in [0, 0.1) is 12.8 Å². The topological polar surface area (TPSA) is 53.7 Å². The molecule has 2 heterocycles. The van der Waals surface area contributed by atoms with Gasteiger partial charge in [-0.05, 0) is 60.5 Å². The molecule has 0 saturated carbocycles. The van der Waals surface area contributed by atoms with Crippen molar-refractivity contribution >= 4 is 11.0 Å². The molecule has 0 radical (unpaired) electrons. The van der Waals surface area contributed by atoms with E-state index < -0.39 is 0 Å². The fourth-order valence-corrected chi connectivity index (χ4v) is 3.59. The number of hydrogen-bond acceptors (Lipinski definition) is 4. The Kier molecular flexibility index (Phi) is 4.55. The molecule has 2 aromatic rings. The van der Waals surface area contributed by atoms with Crippen molar-refractivity contribution in [3.05, 3.63) is 45.3 Å². The van der Waals surface area contributed by atoms with Crippen molar-refractivity contribution in [2.45, 2.75) is 39.7 Å². The van der Waals surface area contributed by atoms with E-state index >= 15 is 0 Å². The third-order valence-corrected chi connectivity index (χ3v) is 4.86. The second-order valence-corrected chi connectivity index (χ2v) is 7.02. The van der Waals surface area contributed by atoms with Crippen LogP contribution in [0.5, 0.6) is 0 Å². The van der Waals surface area contributed by atoms with E-state index in [0.29, 0.717) is 17.4 Å². The summed E-state index contributed by atoms with van der Waals surface area (Å²) in [5.74, 6) is 0.791. The van der Waals surface area contributed by atoms with Crippen LogP contribution in [0.1, 0.15) is 42.9 Å². The first-order valence-corrected chi connectivity index (χ1v) is 8.38. The molecule has 0 bridgehead atoms. The second-order valence-electron chi connectivity index (χ2n) is 7.02. The number of aryl methyl sites for hydroxylation is 1. The minimum absolute atomic E-state index is 0.241. The highest BCUT2D eigenvalue weighted by molar-refractivity contribution is 5.82. The predicted molar refractivity (Wildman–Crippen MR) is 91.8 cm³/mol. The molecule has 1 atom stereocenters. The van der Waals surface area contributed by atoms with Gasteiger partial charge in [-0.25, -0.2) is 4.79 Å². The third-order valence-electron chi connectivity index (χ3n) is 4.86. The predicted octanol–water partition coefficient (Wildman–Crippen LogP) is 3.04. The monoisotopic (exact) mass is 315 g/mol. The summed E-state index contributed by atoms with van der Waals surface area (Å²) in [7, 11) is 0. The summed E-state index contributed by atoms with van der Waals surface area (Å²) in [6.07, 6.45) is 1.02. The molecule has 1 aromatic heterocycles. The Morgan fingerprint density at radius 3 is 2.78 bits per heavy atom. The minimum atomic E-state index is -0.290. The zero-order valence-electron chi connectivity index (χ0n) is 14.1. The maximum absolute atomic E-state index is 11.9. The minimum Gasteiger partial charge on any atom is -0.423 e. The van der Waals surface area contributed by atoms with E-state index in [4.69, 9.17) is 4.42 Å². The first-order chi connectivity index (χ1) is 11.0. The number of rotatable bonds is 4. The molecule has 1 unspecified atom stereocenters. The second kappa shape index (κ2) is 6.46. The molecule has 4 heteroatoms.